The van der Waals surface area contributed by atoms with Gasteiger partial charge in [-0.15, -0.1) is 0 Å². The summed E-state index contributed by atoms with van der Waals surface area (Å²) in [7, 11) is 0. The summed E-state index contributed by atoms with van der Waals surface area (Å²) in [5.41, 5.74) is 2.43. The molecule has 1 aliphatic heterocycles. The van der Waals surface area contributed by atoms with Crippen molar-refractivity contribution in [2.45, 2.75) is 33.4 Å². The maximum absolute atomic E-state index is 4.56. The molecule has 0 atom stereocenters. The van der Waals surface area contributed by atoms with Crippen molar-refractivity contribution in [2.75, 3.05) is 24.6 Å². The van der Waals surface area contributed by atoms with E-state index in [-0.39, 0.29) is 0 Å². The molecule has 0 aromatic carbocycles. The van der Waals surface area contributed by atoms with Crippen LogP contribution >= 0.6 is 27.7 Å². The van der Waals surface area contributed by atoms with Crippen LogP contribution in [0.3, 0.4) is 0 Å². The molecule has 1 aromatic rings. The fraction of sp³-hybridized carbons (Fsp3) is 0.750. The molecule has 0 amide bonds. The monoisotopic (exact) mass is 317 g/mol. The van der Waals surface area contributed by atoms with Crippen molar-refractivity contribution in [3.05, 3.63) is 15.9 Å². The molecule has 0 unspecified atom stereocenters. The van der Waals surface area contributed by atoms with Crippen molar-refractivity contribution in [3.8, 4) is 0 Å². The largest absolute Gasteiger partial charge is 0.297 e. The van der Waals surface area contributed by atoms with Crippen LogP contribution in [0.2, 0.25) is 0 Å². The SMILES string of the molecule is CCn1nc(C)c(Br)c1CN1CCCSCC1. The van der Waals surface area contributed by atoms with Crippen molar-refractivity contribution >= 4 is 27.7 Å². The number of rotatable bonds is 3. The molecule has 1 fully saturated rings. The standard InChI is InChI=1S/C12H20BrN3S/c1-3-16-11(12(13)10(2)14-16)9-15-5-4-7-17-8-6-15/h3-9H2,1-2H3. The van der Waals surface area contributed by atoms with E-state index in [2.05, 4.69) is 56.2 Å². The summed E-state index contributed by atoms with van der Waals surface area (Å²) in [5.74, 6) is 2.57. The molecule has 1 saturated heterocycles. The number of aromatic nitrogens is 2. The Bertz CT molecular complexity index is 370. The van der Waals surface area contributed by atoms with Gasteiger partial charge in [0.15, 0.2) is 0 Å². The van der Waals surface area contributed by atoms with Gasteiger partial charge in [0.25, 0.3) is 0 Å². The highest BCUT2D eigenvalue weighted by Crippen LogP contribution is 2.23. The molecular formula is C12H20BrN3S. The molecule has 0 bridgehead atoms. The summed E-state index contributed by atoms with van der Waals surface area (Å²) >= 11 is 5.75. The van der Waals surface area contributed by atoms with Crippen molar-refractivity contribution < 1.29 is 0 Å². The van der Waals surface area contributed by atoms with E-state index in [0.717, 1.165) is 18.8 Å². The topological polar surface area (TPSA) is 21.1 Å². The zero-order chi connectivity index (χ0) is 12.3. The first kappa shape index (κ1) is 13.4. The van der Waals surface area contributed by atoms with E-state index in [1.807, 2.05) is 0 Å². The first-order valence-corrected chi connectivity index (χ1v) is 8.19. The third-order valence-corrected chi connectivity index (χ3v) is 5.22. The van der Waals surface area contributed by atoms with Gasteiger partial charge in [-0.3, -0.25) is 9.58 Å². The third kappa shape index (κ3) is 3.26. The molecule has 5 heteroatoms. The normalized spacial score (nSPS) is 18.3. The number of nitrogens with zero attached hydrogens (tertiary/aromatic N) is 3. The van der Waals surface area contributed by atoms with Crippen LogP contribution in [-0.4, -0.2) is 39.3 Å². The maximum atomic E-state index is 4.56. The van der Waals surface area contributed by atoms with Gasteiger partial charge < -0.3 is 0 Å². The van der Waals surface area contributed by atoms with Crippen LogP contribution in [0.1, 0.15) is 24.7 Å². The lowest BCUT2D eigenvalue weighted by Gasteiger charge is -2.20. The molecule has 0 saturated carbocycles. The van der Waals surface area contributed by atoms with E-state index in [9.17, 15) is 0 Å². The van der Waals surface area contributed by atoms with Gasteiger partial charge in [0, 0.05) is 25.4 Å². The Hall–Kier alpha value is -0.0000000000000000555. The molecule has 17 heavy (non-hydrogen) atoms. The Morgan fingerprint density at radius 1 is 1.35 bits per heavy atom. The number of halogens is 1. The average Bonchev–Trinajstić information content (AvgIpc) is 2.54. The number of hydrogen-bond donors (Lipinski definition) is 0. The summed E-state index contributed by atoms with van der Waals surface area (Å²) in [6, 6.07) is 0. The predicted octanol–water partition coefficient (Wildman–Crippen LogP) is 2.91. The van der Waals surface area contributed by atoms with E-state index < -0.39 is 0 Å². The van der Waals surface area contributed by atoms with Crippen LogP contribution in [-0.2, 0) is 13.1 Å². The van der Waals surface area contributed by atoms with E-state index in [0.29, 0.717) is 0 Å². The lowest BCUT2D eigenvalue weighted by Crippen LogP contribution is -2.27. The zero-order valence-corrected chi connectivity index (χ0v) is 13.0. The molecule has 0 radical (unpaired) electrons. The van der Waals surface area contributed by atoms with Crippen LogP contribution in [0.4, 0.5) is 0 Å². The smallest absolute Gasteiger partial charge is 0.0739 e. The molecule has 1 aromatic heterocycles. The average molecular weight is 318 g/mol. The van der Waals surface area contributed by atoms with Gasteiger partial charge in [-0.05, 0) is 48.5 Å². The van der Waals surface area contributed by atoms with Crippen molar-refractivity contribution in [1.82, 2.24) is 14.7 Å². The summed E-state index contributed by atoms with van der Waals surface area (Å²) in [4.78, 5) is 2.55. The molecule has 0 aliphatic carbocycles. The third-order valence-electron chi connectivity index (χ3n) is 3.14. The van der Waals surface area contributed by atoms with Crippen LogP contribution in [0.25, 0.3) is 0 Å². The van der Waals surface area contributed by atoms with Gasteiger partial charge in [0.2, 0.25) is 0 Å². The summed E-state index contributed by atoms with van der Waals surface area (Å²) < 4.78 is 3.31. The molecule has 96 valence electrons. The van der Waals surface area contributed by atoms with E-state index in [4.69, 9.17) is 0 Å². The summed E-state index contributed by atoms with van der Waals surface area (Å²) in [6.45, 7) is 8.61. The number of aryl methyl sites for hydroxylation is 2. The van der Waals surface area contributed by atoms with Crippen molar-refractivity contribution in [1.29, 1.82) is 0 Å². The fourth-order valence-corrected chi connectivity index (χ4v) is 3.52. The predicted molar refractivity (Wildman–Crippen MR) is 77.6 cm³/mol. The Labute approximate surface area is 116 Å². The molecule has 2 rings (SSSR count). The van der Waals surface area contributed by atoms with Crippen molar-refractivity contribution in [2.24, 2.45) is 0 Å². The second-order valence-corrected chi connectivity index (χ2v) is 6.42. The summed E-state index contributed by atoms with van der Waals surface area (Å²) in [5, 5.41) is 4.56. The van der Waals surface area contributed by atoms with Gasteiger partial charge in [-0.2, -0.15) is 16.9 Å². The minimum atomic E-state index is 0.949. The Morgan fingerprint density at radius 2 is 2.18 bits per heavy atom. The van der Waals surface area contributed by atoms with Crippen LogP contribution < -0.4 is 0 Å². The van der Waals surface area contributed by atoms with Crippen LogP contribution in [0, 0.1) is 6.92 Å². The van der Waals surface area contributed by atoms with Gasteiger partial charge >= 0.3 is 0 Å². The van der Waals surface area contributed by atoms with E-state index in [1.54, 1.807) is 0 Å². The first-order chi connectivity index (χ1) is 8.22. The van der Waals surface area contributed by atoms with Crippen LogP contribution in [0.15, 0.2) is 4.47 Å². The highest BCUT2D eigenvalue weighted by molar-refractivity contribution is 9.10. The highest BCUT2D eigenvalue weighted by Gasteiger charge is 2.16. The Morgan fingerprint density at radius 3 is 2.94 bits per heavy atom. The second-order valence-electron chi connectivity index (χ2n) is 4.40. The number of thioether (sulfide) groups is 1. The molecule has 2 heterocycles. The number of hydrogen-bond acceptors (Lipinski definition) is 3. The van der Waals surface area contributed by atoms with Crippen LogP contribution in [0.5, 0.6) is 0 Å². The lowest BCUT2D eigenvalue weighted by atomic mass is 10.3. The minimum Gasteiger partial charge on any atom is -0.297 e. The van der Waals surface area contributed by atoms with Crippen molar-refractivity contribution in [3.63, 3.8) is 0 Å². The lowest BCUT2D eigenvalue weighted by molar-refractivity contribution is 0.277. The molecular weight excluding hydrogens is 298 g/mol. The Balaban J connectivity index is 2.11. The highest BCUT2D eigenvalue weighted by atomic mass is 79.9. The fourth-order valence-electron chi connectivity index (χ4n) is 2.19. The molecule has 0 spiro atoms. The zero-order valence-electron chi connectivity index (χ0n) is 10.6. The minimum absolute atomic E-state index is 0.949. The van der Waals surface area contributed by atoms with Gasteiger partial charge in [-0.25, -0.2) is 0 Å². The second kappa shape index (κ2) is 6.25. The van der Waals surface area contributed by atoms with E-state index >= 15 is 0 Å². The van der Waals surface area contributed by atoms with E-state index in [1.165, 1.54) is 41.2 Å². The quantitative estimate of drug-likeness (QED) is 0.855. The van der Waals surface area contributed by atoms with Gasteiger partial charge in [0.05, 0.1) is 15.9 Å². The molecule has 3 nitrogen and oxygen atoms in total. The first-order valence-electron chi connectivity index (χ1n) is 6.24. The molecule has 1 aliphatic rings. The molecule has 0 N–H and O–H groups in total. The van der Waals surface area contributed by atoms with Gasteiger partial charge in [0.1, 0.15) is 0 Å². The summed E-state index contributed by atoms with van der Waals surface area (Å²) in [6.07, 6.45) is 1.31. The Kier molecular flexibility index (Phi) is 4.94. The maximum Gasteiger partial charge on any atom is 0.0739 e. The van der Waals surface area contributed by atoms with Gasteiger partial charge in [-0.1, -0.05) is 0 Å².